The number of nitrogens with two attached hydrogens (primary N) is 1. The van der Waals surface area contributed by atoms with Crippen LogP contribution in [0, 0.1) is 0 Å². The topological polar surface area (TPSA) is 63.4 Å². The molecule has 2 N–H and O–H groups in total. The Hall–Kier alpha value is -0.490. The molecule has 0 amide bonds. The third-order valence-corrected chi connectivity index (χ3v) is 6.79. The van der Waals surface area contributed by atoms with E-state index >= 15 is 0 Å². The van der Waals surface area contributed by atoms with Crippen LogP contribution in [0.2, 0.25) is 10.0 Å². The van der Waals surface area contributed by atoms with Gasteiger partial charge in [-0.1, -0.05) is 30.1 Å². The predicted octanol–water partition coefficient (Wildman–Crippen LogP) is 3.53. The Kier molecular flexibility index (Phi) is 4.54. The first-order valence-corrected chi connectivity index (χ1v) is 8.77. The summed E-state index contributed by atoms with van der Waals surface area (Å²) in [5.41, 5.74) is 5.84. The van der Waals surface area contributed by atoms with E-state index in [2.05, 4.69) is 0 Å². The van der Waals surface area contributed by atoms with Crippen LogP contribution < -0.4 is 5.73 Å². The smallest absolute Gasteiger partial charge is 0.245 e. The van der Waals surface area contributed by atoms with Crippen molar-refractivity contribution in [2.45, 2.75) is 50.1 Å². The van der Waals surface area contributed by atoms with E-state index in [0.717, 1.165) is 19.3 Å². The number of hydrogen-bond acceptors (Lipinski definition) is 3. The minimum Gasteiger partial charge on any atom is -0.396 e. The summed E-state index contributed by atoms with van der Waals surface area (Å²) in [5, 5.41) is 0.266. The van der Waals surface area contributed by atoms with Crippen LogP contribution >= 0.6 is 23.2 Å². The molecule has 0 aromatic heterocycles. The van der Waals surface area contributed by atoms with Gasteiger partial charge >= 0.3 is 0 Å². The molecule has 7 heteroatoms. The standard InChI is InChI=1S/C13H18Cl2N2O2S/c1-3-9-5-4-8(2)17(9)20(18,19)11-7-6-10(14)13(16)12(11)15/h6-9H,3-5,16H2,1-2H3. The molecule has 2 unspecified atom stereocenters. The van der Waals surface area contributed by atoms with E-state index in [4.69, 9.17) is 28.9 Å². The van der Waals surface area contributed by atoms with Gasteiger partial charge in [0.2, 0.25) is 10.0 Å². The van der Waals surface area contributed by atoms with Crippen molar-refractivity contribution in [3.8, 4) is 0 Å². The van der Waals surface area contributed by atoms with E-state index in [9.17, 15) is 8.42 Å². The summed E-state index contributed by atoms with van der Waals surface area (Å²) in [6.07, 6.45) is 2.51. The molecule has 0 aliphatic carbocycles. The van der Waals surface area contributed by atoms with Gasteiger partial charge in [-0.05, 0) is 38.3 Å². The molecule has 1 aliphatic rings. The number of rotatable bonds is 3. The third kappa shape index (κ3) is 2.52. The zero-order valence-electron chi connectivity index (χ0n) is 11.4. The van der Waals surface area contributed by atoms with Gasteiger partial charge in [-0.2, -0.15) is 4.31 Å². The Morgan fingerprint density at radius 2 is 2.00 bits per heavy atom. The van der Waals surface area contributed by atoms with Crippen molar-refractivity contribution in [1.82, 2.24) is 4.31 Å². The lowest BCUT2D eigenvalue weighted by Crippen LogP contribution is -2.39. The highest BCUT2D eigenvalue weighted by Gasteiger charge is 2.40. The summed E-state index contributed by atoms with van der Waals surface area (Å²) in [6, 6.07) is 2.88. The molecular weight excluding hydrogens is 319 g/mol. The molecule has 0 saturated carbocycles. The second-order valence-corrected chi connectivity index (χ2v) is 7.69. The highest BCUT2D eigenvalue weighted by Crippen LogP contribution is 2.38. The number of nitrogens with zero attached hydrogens (tertiary/aromatic N) is 1. The van der Waals surface area contributed by atoms with Crippen molar-refractivity contribution >= 4 is 38.9 Å². The molecule has 20 heavy (non-hydrogen) atoms. The number of sulfonamides is 1. The molecule has 4 nitrogen and oxygen atoms in total. The van der Waals surface area contributed by atoms with E-state index in [1.54, 1.807) is 4.31 Å². The van der Waals surface area contributed by atoms with Crippen molar-refractivity contribution in [3.63, 3.8) is 0 Å². The number of anilines is 1. The van der Waals surface area contributed by atoms with E-state index in [-0.39, 0.29) is 32.7 Å². The summed E-state index contributed by atoms with van der Waals surface area (Å²) in [4.78, 5) is 0.0354. The van der Waals surface area contributed by atoms with Crippen LogP contribution in [0.5, 0.6) is 0 Å². The van der Waals surface area contributed by atoms with Crippen molar-refractivity contribution in [2.24, 2.45) is 0 Å². The lowest BCUT2D eigenvalue weighted by atomic mass is 10.2. The fraction of sp³-hybridized carbons (Fsp3) is 0.538. The zero-order chi connectivity index (χ0) is 15.1. The van der Waals surface area contributed by atoms with Gasteiger partial charge < -0.3 is 5.73 Å². The largest absolute Gasteiger partial charge is 0.396 e. The second-order valence-electron chi connectivity index (χ2n) is 5.10. The quantitative estimate of drug-likeness (QED) is 0.858. The molecule has 0 spiro atoms. The molecule has 1 heterocycles. The van der Waals surface area contributed by atoms with Crippen molar-refractivity contribution in [1.29, 1.82) is 0 Å². The summed E-state index contributed by atoms with van der Waals surface area (Å²) < 4.78 is 27.2. The molecule has 1 aliphatic heterocycles. The maximum absolute atomic E-state index is 12.8. The average molecular weight is 337 g/mol. The Balaban J connectivity index is 2.53. The minimum absolute atomic E-state index is 0.00598. The number of hydrogen-bond donors (Lipinski definition) is 1. The summed E-state index contributed by atoms with van der Waals surface area (Å²) in [5.74, 6) is 0. The highest BCUT2D eigenvalue weighted by atomic mass is 35.5. The van der Waals surface area contributed by atoms with Gasteiger partial charge in [0.05, 0.1) is 15.7 Å². The summed E-state index contributed by atoms with van der Waals surface area (Å²) in [6.45, 7) is 3.91. The second kappa shape index (κ2) is 5.72. The highest BCUT2D eigenvalue weighted by molar-refractivity contribution is 7.89. The van der Waals surface area contributed by atoms with Gasteiger partial charge in [0.25, 0.3) is 0 Å². The normalized spacial score (nSPS) is 24.2. The first-order chi connectivity index (χ1) is 9.30. The van der Waals surface area contributed by atoms with E-state index < -0.39 is 10.0 Å². The fourth-order valence-corrected chi connectivity index (χ4v) is 5.42. The van der Waals surface area contributed by atoms with Crippen molar-refractivity contribution in [2.75, 3.05) is 5.73 Å². The summed E-state index contributed by atoms with van der Waals surface area (Å²) >= 11 is 11.9. The van der Waals surface area contributed by atoms with E-state index in [1.807, 2.05) is 13.8 Å². The zero-order valence-corrected chi connectivity index (χ0v) is 13.8. The van der Waals surface area contributed by atoms with Crippen LogP contribution in [-0.2, 0) is 10.0 Å². The lowest BCUT2D eigenvalue weighted by molar-refractivity contribution is 0.329. The van der Waals surface area contributed by atoms with Gasteiger partial charge in [-0.25, -0.2) is 8.42 Å². The first-order valence-electron chi connectivity index (χ1n) is 6.57. The van der Waals surface area contributed by atoms with Crippen LogP contribution in [0.25, 0.3) is 0 Å². The number of benzene rings is 1. The van der Waals surface area contributed by atoms with Crippen LogP contribution in [0.1, 0.15) is 33.1 Å². The number of nitrogen functional groups attached to an aromatic ring is 1. The molecule has 1 aromatic carbocycles. The van der Waals surface area contributed by atoms with E-state index in [1.165, 1.54) is 12.1 Å². The SMILES string of the molecule is CCC1CCC(C)N1S(=O)(=O)c1ccc(Cl)c(N)c1Cl. The minimum atomic E-state index is -3.66. The molecule has 2 atom stereocenters. The van der Waals surface area contributed by atoms with Gasteiger partial charge in [-0.3, -0.25) is 0 Å². The summed E-state index contributed by atoms with van der Waals surface area (Å²) in [7, 11) is -3.66. The molecule has 112 valence electrons. The maximum atomic E-state index is 12.8. The van der Waals surface area contributed by atoms with Crippen molar-refractivity contribution < 1.29 is 8.42 Å². The lowest BCUT2D eigenvalue weighted by Gasteiger charge is -2.27. The molecular formula is C13H18Cl2N2O2S. The van der Waals surface area contributed by atoms with Gasteiger partial charge in [0.1, 0.15) is 4.90 Å². The van der Waals surface area contributed by atoms with Crippen molar-refractivity contribution in [3.05, 3.63) is 22.2 Å². The Morgan fingerprint density at radius 1 is 1.35 bits per heavy atom. The maximum Gasteiger partial charge on any atom is 0.245 e. The van der Waals surface area contributed by atoms with Crippen LogP contribution in [0.4, 0.5) is 5.69 Å². The van der Waals surface area contributed by atoms with E-state index in [0.29, 0.717) is 0 Å². The van der Waals surface area contributed by atoms with Gasteiger partial charge in [0, 0.05) is 12.1 Å². The molecule has 1 aromatic rings. The molecule has 1 saturated heterocycles. The molecule has 1 fully saturated rings. The fourth-order valence-electron chi connectivity index (χ4n) is 2.73. The monoisotopic (exact) mass is 336 g/mol. The van der Waals surface area contributed by atoms with Crippen LogP contribution in [-0.4, -0.2) is 24.8 Å². The molecule has 0 radical (unpaired) electrons. The average Bonchev–Trinajstić information content (AvgIpc) is 2.77. The predicted molar refractivity (Wildman–Crippen MR) is 82.7 cm³/mol. The van der Waals surface area contributed by atoms with Gasteiger partial charge in [-0.15, -0.1) is 0 Å². The number of halogens is 2. The third-order valence-electron chi connectivity index (χ3n) is 3.83. The van der Waals surface area contributed by atoms with Crippen LogP contribution in [0.15, 0.2) is 17.0 Å². The van der Waals surface area contributed by atoms with Crippen LogP contribution in [0.3, 0.4) is 0 Å². The molecule has 2 rings (SSSR count). The Labute approximate surface area is 129 Å². The van der Waals surface area contributed by atoms with Gasteiger partial charge in [0.15, 0.2) is 0 Å². The first kappa shape index (κ1) is 15.9. The Bertz CT molecular complexity index is 619. The Morgan fingerprint density at radius 3 is 2.60 bits per heavy atom. The molecule has 0 bridgehead atoms.